The second kappa shape index (κ2) is 7.64. The van der Waals surface area contributed by atoms with E-state index in [1.807, 2.05) is 50.4 Å². The third-order valence-corrected chi connectivity index (χ3v) is 4.76. The van der Waals surface area contributed by atoms with Crippen molar-refractivity contribution in [3.63, 3.8) is 0 Å². The van der Waals surface area contributed by atoms with Crippen LogP contribution in [0.1, 0.15) is 41.6 Å². The molecule has 25 heavy (non-hydrogen) atoms. The number of piperidine rings is 1. The molecule has 0 spiro atoms. The van der Waals surface area contributed by atoms with Crippen LogP contribution in [0.2, 0.25) is 0 Å². The molecule has 132 valence electrons. The molecule has 1 saturated heterocycles. The molecule has 1 aliphatic heterocycles. The van der Waals surface area contributed by atoms with Crippen LogP contribution < -0.4 is 4.90 Å². The van der Waals surface area contributed by atoms with Gasteiger partial charge in [-0.15, -0.1) is 0 Å². The Morgan fingerprint density at radius 2 is 1.88 bits per heavy atom. The standard InChI is InChI=1S/C20H26N4O/c1-15-9-11-24(12-10-15)19-13-18(21-16(2)22-19)20(25)23(3)14-17-7-5-4-6-8-17/h4-8,13,15H,9-12,14H2,1-3H3. The summed E-state index contributed by atoms with van der Waals surface area (Å²) in [7, 11) is 1.81. The lowest BCUT2D eigenvalue weighted by molar-refractivity contribution is 0.0779. The molecule has 0 bridgehead atoms. The molecule has 2 aromatic rings. The number of hydrogen-bond acceptors (Lipinski definition) is 4. The zero-order valence-corrected chi connectivity index (χ0v) is 15.3. The van der Waals surface area contributed by atoms with Crippen molar-refractivity contribution >= 4 is 11.7 Å². The molecule has 1 aromatic carbocycles. The molecule has 1 aromatic heterocycles. The van der Waals surface area contributed by atoms with Crippen LogP contribution in [0, 0.1) is 12.8 Å². The van der Waals surface area contributed by atoms with Crippen LogP contribution in [0.3, 0.4) is 0 Å². The van der Waals surface area contributed by atoms with Crippen molar-refractivity contribution in [3.05, 3.63) is 53.5 Å². The molecule has 1 amide bonds. The lowest BCUT2D eigenvalue weighted by Gasteiger charge is -2.31. The average molecular weight is 338 g/mol. The normalized spacial score (nSPS) is 15.2. The highest BCUT2D eigenvalue weighted by molar-refractivity contribution is 5.92. The average Bonchev–Trinajstić information content (AvgIpc) is 2.62. The largest absolute Gasteiger partial charge is 0.356 e. The van der Waals surface area contributed by atoms with E-state index in [2.05, 4.69) is 21.8 Å². The van der Waals surface area contributed by atoms with Crippen molar-refractivity contribution < 1.29 is 4.79 Å². The molecule has 3 rings (SSSR count). The number of rotatable bonds is 4. The molecule has 0 N–H and O–H groups in total. The van der Waals surface area contributed by atoms with Crippen molar-refractivity contribution in [1.29, 1.82) is 0 Å². The Balaban J connectivity index is 1.76. The third kappa shape index (κ3) is 4.35. The highest BCUT2D eigenvalue weighted by atomic mass is 16.2. The molecule has 0 aliphatic carbocycles. The molecule has 2 heterocycles. The molecular weight excluding hydrogens is 312 g/mol. The minimum Gasteiger partial charge on any atom is -0.356 e. The van der Waals surface area contributed by atoms with Crippen molar-refractivity contribution in [2.24, 2.45) is 5.92 Å². The van der Waals surface area contributed by atoms with Crippen LogP contribution in [0.5, 0.6) is 0 Å². The maximum Gasteiger partial charge on any atom is 0.272 e. The summed E-state index contributed by atoms with van der Waals surface area (Å²) in [4.78, 5) is 25.7. The number of benzene rings is 1. The molecule has 0 radical (unpaired) electrons. The monoisotopic (exact) mass is 338 g/mol. The molecule has 0 unspecified atom stereocenters. The number of aryl methyl sites for hydroxylation is 1. The van der Waals surface area contributed by atoms with Crippen molar-refractivity contribution in [3.8, 4) is 0 Å². The number of amides is 1. The second-order valence-electron chi connectivity index (χ2n) is 6.97. The summed E-state index contributed by atoms with van der Waals surface area (Å²) in [6.07, 6.45) is 2.33. The first-order valence-electron chi connectivity index (χ1n) is 8.93. The number of nitrogens with zero attached hydrogens (tertiary/aromatic N) is 4. The third-order valence-electron chi connectivity index (χ3n) is 4.76. The molecule has 0 saturated carbocycles. The fraction of sp³-hybridized carbons (Fsp3) is 0.450. The van der Waals surface area contributed by atoms with Gasteiger partial charge in [0.05, 0.1) is 0 Å². The van der Waals surface area contributed by atoms with Gasteiger partial charge in [-0.25, -0.2) is 9.97 Å². The van der Waals surface area contributed by atoms with Crippen molar-refractivity contribution in [1.82, 2.24) is 14.9 Å². The molecule has 5 nitrogen and oxygen atoms in total. The summed E-state index contributed by atoms with van der Waals surface area (Å²) in [6, 6.07) is 11.8. The van der Waals surface area contributed by atoms with Crippen molar-refractivity contribution in [2.45, 2.75) is 33.2 Å². The Hall–Kier alpha value is -2.43. The molecule has 5 heteroatoms. The number of anilines is 1. The number of carbonyl (C=O) groups is 1. The quantitative estimate of drug-likeness (QED) is 0.858. The van der Waals surface area contributed by atoms with Gasteiger partial charge in [-0.1, -0.05) is 37.3 Å². The van der Waals surface area contributed by atoms with E-state index in [0.29, 0.717) is 18.1 Å². The van der Waals surface area contributed by atoms with E-state index in [1.54, 1.807) is 4.90 Å². The first kappa shape index (κ1) is 17.4. The van der Waals surface area contributed by atoms with E-state index in [-0.39, 0.29) is 5.91 Å². The smallest absolute Gasteiger partial charge is 0.272 e. The number of hydrogen-bond donors (Lipinski definition) is 0. The summed E-state index contributed by atoms with van der Waals surface area (Å²) in [6.45, 7) is 6.69. The number of carbonyl (C=O) groups excluding carboxylic acids is 1. The predicted octanol–water partition coefficient (Wildman–Crippen LogP) is 3.29. The van der Waals surface area contributed by atoms with E-state index < -0.39 is 0 Å². The SMILES string of the molecule is Cc1nc(C(=O)N(C)Cc2ccccc2)cc(N2CCC(C)CC2)n1. The number of aromatic nitrogens is 2. The molecule has 1 fully saturated rings. The highest BCUT2D eigenvalue weighted by Crippen LogP contribution is 2.22. The van der Waals surface area contributed by atoms with Gasteiger partial charge in [0, 0.05) is 32.7 Å². The van der Waals surface area contributed by atoms with Gasteiger partial charge in [0.25, 0.3) is 5.91 Å². The van der Waals surface area contributed by atoms with Gasteiger partial charge < -0.3 is 9.80 Å². The maximum atomic E-state index is 12.8. The van der Waals surface area contributed by atoms with Crippen LogP contribution in [-0.2, 0) is 6.54 Å². The Bertz CT molecular complexity index is 724. The topological polar surface area (TPSA) is 49.3 Å². The lowest BCUT2D eigenvalue weighted by atomic mass is 9.99. The van der Waals surface area contributed by atoms with Crippen LogP contribution in [-0.4, -0.2) is 40.9 Å². The van der Waals surface area contributed by atoms with E-state index in [0.717, 1.165) is 30.4 Å². The zero-order valence-electron chi connectivity index (χ0n) is 15.3. The molecular formula is C20H26N4O. The fourth-order valence-electron chi connectivity index (χ4n) is 3.19. The predicted molar refractivity (Wildman–Crippen MR) is 99.6 cm³/mol. The zero-order chi connectivity index (χ0) is 17.8. The summed E-state index contributed by atoms with van der Waals surface area (Å²) in [5.74, 6) is 2.21. The fourth-order valence-corrected chi connectivity index (χ4v) is 3.19. The Morgan fingerprint density at radius 1 is 1.20 bits per heavy atom. The minimum absolute atomic E-state index is 0.0685. The summed E-state index contributed by atoms with van der Waals surface area (Å²) >= 11 is 0. The van der Waals surface area contributed by atoms with Gasteiger partial charge in [-0.3, -0.25) is 4.79 Å². The maximum absolute atomic E-state index is 12.8. The van der Waals surface area contributed by atoms with Gasteiger partial charge in [0.15, 0.2) is 0 Å². The lowest BCUT2D eigenvalue weighted by Crippen LogP contribution is -2.34. The summed E-state index contributed by atoms with van der Waals surface area (Å²) in [5.41, 5.74) is 1.58. The summed E-state index contributed by atoms with van der Waals surface area (Å²) in [5, 5.41) is 0. The molecule has 0 atom stereocenters. The van der Waals surface area contributed by atoms with E-state index in [9.17, 15) is 4.79 Å². The van der Waals surface area contributed by atoms with Gasteiger partial charge in [-0.2, -0.15) is 0 Å². The first-order chi connectivity index (χ1) is 12.0. The van der Waals surface area contributed by atoms with Gasteiger partial charge in [0.1, 0.15) is 17.3 Å². The van der Waals surface area contributed by atoms with Crippen LogP contribution in [0.15, 0.2) is 36.4 Å². The molecule has 1 aliphatic rings. The van der Waals surface area contributed by atoms with Gasteiger partial charge in [0.2, 0.25) is 0 Å². The Labute approximate surface area is 149 Å². The summed E-state index contributed by atoms with van der Waals surface area (Å²) < 4.78 is 0. The second-order valence-corrected chi connectivity index (χ2v) is 6.97. The minimum atomic E-state index is -0.0685. The van der Waals surface area contributed by atoms with E-state index >= 15 is 0 Å². The highest BCUT2D eigenvalue weighted by Gasteiger charge is 2.20. The van der Waals surface area contributed by atoms with E-state index in [1.165, 1.54) is 12.8 Å². The first-order valence-corrected chi connectivity index (χ1v) is 8.93. The van der Waals surface area contributed by atoms with Gasteiger partial charge >= 0.3 is 0 Å². The van der Waals surface area contributed by atoms with Crippen molar-refractivity contribution in [2.75, 3.05) is 25.0 Å². The Morgan fingerprint density at radius 3 is 2.56 bits per heavy atom. The Kier molecular flexibility index (Phi) is 5.31. The van der Waals surface area contributed by atoms with Crippen LogP contribution in [0.25, 0.3) is 0 Å². The van der Waals surface area contributed by atoms with Gasteiger partial charge in [-0.05, 0) is 31.2 Å². The van der Waals surface area contributed by atoms with E-state index in [4.69, 9.17) is 0 Å². The van der Waals surface area contributed by atoms with Crippen LogP contribution in [0.4, 0.5) is 5.82 Å². The van der Waals surface area contributed by atoms with Crippen LogP contribution >= 0.6 is 0 Å².